The number of carbonyl (C=O) groups is 1. The molecule has 0 unspecified atom stereocenters. The fourth-order valence-electron chi connectivity index (χ4n) is 5.10. The van der Waals surface area contributed by atoms with Crippen molar-refractivity contribution in [3.8, 4) is 11.1 Å². The number of fused-ring (bicyclic) bond motifs is 3. The molecular formula is C26H33N2O. The number of benzene rings is 2. The number of unbranched alkanes of at least 4 members (excludes halogenated alkanes) is 1. The van der Waals surface area contributed by atoms with Gasteiger partial charge in [-0.2, -0.15) is 0 Å². The molecule has 0 atom stereocenters. The van der Waals surface area contributed by atoms with E-state index in [0.29, 0.717) is 0 Å². The van der Waals surface area contributed by atoms with E-state index in [1.54, 1.807) is 0 Å². The summed E-state index contributed by atoms with van der Waals surface area (Å²) in [7, 11) is 0. The van der Waals surface area contributed by atoms with E-state index in [1.165, 1.54) is 41.6 Å². The first-order valence-electron chi connectivity index (χ1n) is 11.3. The highest BCUT2D eigenvalue weighted by molar-refractivity contribution is 6.00. The minimum absolute atomic E-state index is 0.169. The molecule has 2 aromatic rings. The molecule has 0 aromatic heterocycles. The van der Waals surface area contributed by atoms with Gasteiger partial charge in [0.25, 0.3) is 0 Å². The Balaban J connectivity index is 1.60. The number of piperidine rings is 1. The Morgan fingerprint density at radius 3 is 2.34 bits per heavy atom. The molecule has 1 saturated heterocycles. The van der Waals surface area contributed by atoms with Crippen molar-refractivity contribution in [3.63, 3.8) is 0 Å². The molecule has 3 heteroatoms. The zero-order valence-electron chi connectivity index (χ0n) is 17.6. The Bertz CT molecular complexity index is 793. The van der Waals surface area contributed by atoms with Crippen molar-refractivity contribution in [3.05, 3.63) is 66.1 Å². The van der Waals surface area contributed by atoms with Crippen LogP contribution in [0, 0.1) is 6.42 Å². The molecule has 153 valence electrons. The smallest absolute Gasteiger partial charge is 0.235 e. The highest BCUT2D eigenvalue weighted by Crippen LogP contribution is 2.51. The molecule has 29 heavy (non-hydrogen) atoms. The van der Waals surface area contributed by atoms with Crippen molar-refractivity contribution in [1.29, 1.82) is 0 Å². The summed E-state index contributed by atoms with van der Waals surface area (Å²) in [6, 6.07) is 17.0. The molecule has 0 saturated carbocycles. The predicted molar refractivity (Wildman–Crippen MR) is 120 cm³/mol. The van der Waals surface area contributed by atoms with Crippen LogP contribution in [0.25, 0.3) is 11.1 Å². The van der Waals surface area contributed by atoms with Crippen LogP contribution < -0.4 is 5.32 Å². The molecule has 1 radical (unpaired) electrons. The number of nitrogens with one attached hydrogen (secondary N) is 1. The van der Waals surface area contributed by atoms with Gasteiger partial charge in [-0.1, -0.05) is 61.9 Å². The Kier molecular flexibility index (Phi) is 6.34. The Labute approximate surface area is 175 Å². The number of amides is 1. The summed E-state index contributed by atoms with van der Waals surface area (Å²) >= 11 is 0. The van der Waals surface area contributed by atoms with Gasteiger partial charge in [-0.25, -0.2) is 0 Å². The number of nitrogens with zero attached hydrogens (tertiary/aromatic N) is 1. The summed E-state index contributed by atoms with van der Waals surface area (Å²) in [5, 5.41) is 3.23. The van der Waals surface area contributed by atoms with Crippen LogP contribution in [-0.4, -0.2) is 37.0 Å². The van der Waals surface area contributed by atoms with Crippen molar-refractivity contribution in [2.75, 3.05) is 26.2 Å². The molecule has 1 fully saturated rings. The third-order valence-electron chi connectivity index (χ3n) is 6.53. The number of hydrogen-bond acceptors (Lipinski definition) is 2. The van der Waals surface area contributed by atoms with E-state index < -0.39 is 5.41 Å². The highest BCUT2D eigenvalue weighted by Gasteiger charge is 2.48. The van der Waals surface area contributed by atoms with E-state index >= 15 is 0 Å². The van der Waals surface area contributed by atoms with Gasteiger partial charge in [0.1, 0.15) is 5.41 Å². The standard InChI is InChI=1S/C26H33N2O/c1-2-17-27-25(29)26(16-8-11-20-28-18-9-3-10-19-28)23-14-6-4-12-21(23)22-13-5-7-15-24(22)26/h4-7,9,12-15H,2-3,8,10-11,16-20H2,1H3,(H,27,29). The van der Waals surface area contributed by atoms with Crippen molar-refractivity contribution >= 4 is 5.91 Å². The topological polar surface area (TPSA) is 32.3 Å². The number of rotatable bonds is 8. The summed E-state index contributed by atoms with van der Waals surface area (Å²) in [6.07, 6.45) is 8.95. The zero-order valence-corrected chi connectivity index (χ0v) is 17.6. The summed E-state index contributed by atoms with van der Waals surface area (Å²) in [6.45, 7) is 6.30. The molecule has 2 aliphatic rings. The first-order chi connectivity index (χ1) is 14.3. The van der Waals surface area contributed by atoms with Gasteiger partial charge < -0.3 is 10.2 Å². The second kappa shape index (κ2) is 9.13. The maximum absolute atomic E-state index is 13.6. The normalized spacial score (nSPS) is 17.6. The lowest BCUT2D eigenvalue weighted by Crippen LogP contribution is -2.44. The molecule has 1 heterocycles. The molecule has 4 rings (SSSR count). The van der Waals surface area contributed by atoms with E-state index in [4.69, 9.17) is 0 Å². The van der Waals surface area contributed by atoms with Crippen LogP contribution in [0.2, 0.25) is 0 Å². The first kappa shape index (κ1) is 20.2. The first-order valence-corrected chi connectivity index (χ1v) is 11.3. The van der Waals surface area contributed by atoms with Gasteiger partial charge in [-0.05, 0) is 73.9 Å². The largest absolute Gasteiger partial charge is 0.355 e. The fraction of sp³-hybridized carbons (Fsp3) is 0.462. The van der Waals surface area contributed by atoms with Crippen LogP contribution >= 0.6 is 0 Å². The zero-order chi connectivity index (χ0) is 20.1. The van der Waals surface area contributed by atoms with Gasteiger partial charge in [0, 0.05) is 13.1 Å². The van der Waals surface area contributed by atoms with Gasteiger partial charge in [0.05, 0.1) is 0 Å². The highest BCUT2D eigenvalue weighted by atomic mass is 16.2. The summed E-state index contributed by atoms with van der Waals surface area (Å²) in [4.78, 5) is 16.2. The lowest BCUT2D eigenvalue weighted by Gasteiger charge is -2.32. The van der Waals surface area contributed by atoms with Crippen LogP contribution in [0.4, 0.5) is 0 Å². The van der Waals surface area contributed by atoms with Gasteiger partial charge in [0.15, 0.2) is 0 Å². The second-order valence-corrected chi connectivity index (χ2v) is 8.44. The van der Waals surface area contributed by atoms with Crippen LogP contribution in [0.1, 0.15) is 56.6 Å². The maximum atomic E-state index is 13.6. The maximum Gasteiger partial charge on any atom is 0.235 e. The molecule has 1 aliphatic carbocycles. The Morgan fingerprint density at radius 1 is 1.03 bits per heavy atom. The predicted octanol–water partition coefficient (Wildman–Crippen LogP) is 4.95. The Morgan fingerprint density at radius 2 is 1.72 bits per heavy atom. The lowest BCUT2D eigenvalue weighted by atomic mass is 9.73. The summed E-state index contributed by atoms with van der Waals surface area (Å²) in [5.41, 5.74) is 4.25. The van der Waals surface area contributed by atoms with E-state index in [2.05, 4.69) is 72.1 Å². The molecule has 2 aromatic carbocycles. The average Bonchev–Trinajstić information content (AvgIpc) is 3.07. The number of hydrogen-bond donors (Lipinski definition) is 1. The minimum Gasteiger partial charge on any atom is -0.355 e. The van der Waals surface area contributed by atoms with E-state index in [-0.39, 0.29) is 5.91 Å². The third-order valence-corrected chi connectivity index (χ3v) is 6.53. The Hall–Kier alpha value is -2.13. The van der Waals surface area contributed by atoms with E-state index in [9.17, 15) is 4.79 Å². The minimum atomic E-state index is -0.559. The molecule has 0 bridgehead atoms. The number of likely N-dealkylation sites (tertiary alicyclic amines) is 1. The van der Waals surface area contributed by atoms with Gasteiger partial charge in [-0.15, -0.1) is 0 Å². The van der Waals surface area contributed by atoms with Gasteiger partial charge >= 0.3 is 0 Å². The molecule has 0 spiro atoms. The van der Waals surface area contributed by atoms with E-state index in [1.807, 2.05) is 0 Å². The van der Waals surface area contributed by atoms with Crippen molar-refractivity contribution in [1.82, 2.24) is 10.2 Å². The molecule has 1 N–H and O–H groups in total. The van der Waals surface area contributed by atoms with Crippen LogP contribution in [0.15, 0.2) is 48.5 Å². The summed E-state index contributed by atoms with van der Waals surface area (Å²) < 4.78 is 0. The van der Waals surface area contributed by atoms with Crippen molar-refractivity contribution in [2.24, 2.45) is 0 Å². The van der Waals surface area contributed by atoms with E-state index in [0.717, 1.165) is 45.3 Å². The van der Waals surface area contributed by atoms with Crippen LogP contribution in [0.3, 0.4) is 0 Å². The quantitative estimate of drug-likeness (QED) is 0.648. The lowest BCUT2D eigenvalue weighted by molar-refractivity contribution is -0.125. The van der Waals surface area contributed by atoms with Crippen LogP contribution in [0.5, 0.6) is 0 Å². The SMILES string of the molecule is CCCNC(=O)C1(CCCCN2C[CH]CCC2)c2ccccc2-c2ccccc21. The molecule has 1 amide bonds. The average molecular weight is 390 g/mol. The van der Waals surface area contributed by atoms with Crippen molar-refractivity contribution < 1.29 is 4.79 Å². The monoisotopic (exact) mass is 389 g/mol. The second-order valence-electron chi connectivity index (χ2n) is 8.44. The van der Waals surface area contributed by atoms with Gasteiger partial charge in [-0.3, -0.25) is 4.79 Å². The van der Waals surface area contributed by atoms with Gasteiger partial charge in [0.2, 0.25) is 5.91 Å². The molecule has 1 aliphatic heterocycles. The van der Waals surface area contributed by atoms with Crippen LogP contribution in [-0.2, 0) is 10.2 Å². The summed E-state index contributed by atoms with van der Waals surface area (Å²) in [5.74, 6) is 0.169. The third kappa shape index (κ3) is 3.85. The van der Waals surface area contributed by atoms with Crippen molar-refractivity contribution in [2.45, 2.75) is 50.9 Å². The molecule has 3 nitrogen and oxygen atoms in total. The fourth-order valence-corrected chi connectivity index (χ4v) is 5.10. The molecular weight excluding hydrogens is 356 g/mol. The number of carbonyl (C=O) groups excluding carboxylic acids is 1.